The molecule has 0 amide bonds. The van der Waals surface area contributed by atoms with Gasteiger partial charge >= 0.3 is 0 Å². The fraction of sp³-hybridized carbons (Fsp3) is 0.143. The summed E-state index contributed by atoms with van der Waals surface area (Å²) >= 11 is 3.29. The van der Waals surface area contributed by atoms with Crippen molar-refractivity contribution in [3.05, 3.63) is 81.5 Å². The van der Waals surface area contributed by atoms with Gasteiger partial charge in [0, 0.05) is 22.3 Å². The van der Waals surface area contributed by atoms with Crippen LogP contribution in [0.2, 0.25) is 0 Å². The van der Waals surface area contributed by atoms with E-state index in [0.29, 0.717) is 22.5 Å². The molecule has 2 aromatic carbocycles. The van der Waals surface area contributed by atoms with E-state index in [-0.39, 0.29) is 0 Å². The van der Waals surface area contributed by atoms with Crippen LogP contribution in [0.4, 0.5) is 0 Å². The summed E-state index contributed by atoms with van der Waals surface area (Å²) in [6, 6.07) is 16.3. The van der Waals surface area contributed by atoms with Crippen LogP contribution in [-0.2, 0) is 6.61 Å². The van der Waals surface area contributed by atoms with Gasteiger partial charge in [0.15, 0.2) is 6.29 Å². The Morgan fingerprint density at radius 2 is 1.80 bits per heavy atom. The molecule has 0 unspecified atom stereocenters. The van der Waals surface area contributed by atoms with Crippen molar-refractivity contribution in [2.24, 2.45) is 0 Å². The highest BCUT2D eigenvalue weighted by molar-refractivity contribution is 9.10. The predicted octanol–water partition coefficient (Wildman–Crippen LogP) is 5.52. The molecule has 0 radical (unpaired) electrons. The minimum absolute atomic E-state index is 0.395. The van der Waals surface area contributed by atoms with E-state index >= 15 is 0 Å². The van der Waals surface area contributed by atoms with Crippen LogP contribution in [0, 0.1) is 13.8 Å². The summed E-state index contributed by atoms with van der Waals surface area (Å²) < 4.78 is 6.41. The molecule has 0 fully saturated rings. The predicted molar refractivity (Wildman–Crippen MR) is 103 cm³/mol. The van der Waals surface area contributed by atoms with Crippen LogP contribution in [-0.4, -0.2) is 11.3 Å². The van der Waals surface area contributed by atoms with Gasteiger partial charge in [0.2, 0.25) is 5.88 Å². The van der Waals surface area contributed by atoms with Gasteiger partial charge in [-0.3, -0.25) is 4.79 Å². The molecule has 0 saturated heterocycles. The van der Waals surface area contributed by atoms with Crippen molar-refractivity contribution >= 4 is 22.2 Å². The fourth-order valence-corrected chi connectivity index (χ4v) is 3.16. The summed E-state index contributed by atoms with van der Waals surface area (Å²) in [6.07, 6.45) is 2.35. The van der Waals surface area contributed by atoms with Gasteiger partial charge in [-0.15, -0.1) is 0 Å². The summed E-state index contributed by atoms with van der Waals surface area (Å²) in [5.41, 5.74) is 6.52. The molecule has 4 heteroatoms. The summed E-state index contributed by atoms with van der Waals surface area (Å²) in [5, 5.41) is 0. The van der Waals surface area contributed by atoms with E-state index in [1.54, 1.807) is 12.3 Å². The van der Waals surface area contributed by atoms with Crippen LogP contribution in [0.3, 0.4) is 0 Å². The number of hydrogen-bond acceptors (Lipinski definition) is 3. The fourth-order valence-electron chi connectivity index (χ4n) is 2.85. The van der Waals surface area contributed by atoms with E-state index in [4.69, 9.17) is 4.74 Å². The number of ether oxygens (including phenoxy) is 1. The number of rotatable bonds is 5. The Morgan fingerprint density at radius 3 is 2.52 bits per heavy atom. The Morgan fingerprint density at radius 1 is 1.08 bits per heavy atom. The summed E-state index contributed by atoms with van der Waals surface area (Å²) in [4.78, 5) is 15.2. The maximum atomic E-state index is 11.0. The minimum Gasteiger partial charge on any atom is -0.473 e. The van der Waals surface area contributed by atoms with Crippen LogP contribution in [0.1, 0.15) is 27.0 Å². The molecule has 0 saturated carbocycles. The SMILES string of the molecule is Cc1cccc(C)c1-c1cccc(COc2cc(C=O)c(Br)cn2)c1. The third kappa shape index (κ3) is 3.97. The Hall–Kier alpha value is -2.46. The van der Waals surface area contributed by atoms with E-state index < -0.39 is 0 Å². The van der Waals surface area contributed by atoms with Crippen LogP contribution in [0.15, 0.2) is 59.2 Å². The zero-order valence-electron chi connectivity index (χ0n) is 14.1. The summed E-state index contributed by atoms with van der Waals surface area (Å²) in [6.45, 7) is 4.64. The van der Waals surface area contributed by atoms with Crippen molar-refractivity contribution in [1.82, 2.24) is 4.98 Å². The molecule has 0 N–H and O–H groups in total. The van der Waals surface area contributed by atoms with E-state index in [2.05, 4.69) is 65.1 Å². The number of benzene rings is 2. The lowest BCUT2D eigenvalue weighted by molar-refractivity contribution is 0.112. The van der Waals surface area contributed by atoms with Crippen molar-refractivity contribution in [2.45, 2.75) is 20.5 Å². The number of halogens is 1. The molecule has 1 aromatic heterocycles. The lowest BCUT2D eigenvalue weighted by atomic mass is 9.95. The smallest absolute Gasteiger partial charge is 0.214 e. The molecule has 0 atom stereocenters. The van der Waals surface area contributed by atoms with Gasteiger partial charge in [0.05, 0.1) is 0 Å². The molecule has 126 valence electrons. The molecular formula is C21H18BrNO2. The molecule has 3 nitrogen and oxygen atoms in total. The summed E-state index contributed by atoms with van der Waals surface area (Å²) in [7, 11) is 0. The second kappa shape index (κ2) is 7.62. The first-order chi connectivity index (χ1) is 12.1. The number of aryl methyl sites for hydroxylation is 2. The molecule has 0 spiro atoms. The van der Waals surface area contributed by atoms with Crippen molar-refractivity contribution in [1.29, 1.82) is 0 Å². The van der Waals surface area contributed by atoms with E-state index in [9.17, 15) is 4.79 Å². The topological polar surface area (TPSA) is 39.2 Å². The monoisotopic (exact) mass is 395 g/mol. The standard InChI is InChI=1S/C21H18BrNO2/c1-14-5-3-6-15(2)21(14)17-8-4-7-16(9-17)13-25-20-10-18(12-24)19(22)11-23-20/h3-12H,13H2,1-2H3. The number of carbonyl (C=O) groups excluding carboxylic acids is 1. The number of nitrogens with zero attached hydrogens (tertiary/aromatic N) is 1. The molecule has 0 aliphatic carbocycles. The molecular weight excluding hydrogens is 378 g/mol. The van der Waals surface area contributed by atoms with Crippen molar-refractivity contribution in [2.75, 3.05) is 0 Å². The second-order valence-corrected chi connectivity index (χ2v) is 6.77. The first-order valence-corrected chi connectivity index (χ1v) is 8.77. The molecule has 0 bridgehead atoms. The minimum atomic E-state index is 0.395. The number of aromatic nitrogens is 1. The number of carbonyl (C=O) groups is 1. The maximum Gasteiger partial charge on any atom is 0.214 e. The largest absolute Gasteiger partial charge is 0.473 e. The van der Waals surface area contributed by atoms with Crippen LogP contribution in [0.5, 0.6) is 5.88 Å². The second-order valence-electron chi connectivity index (χ2n) is 5.92. The first kappa shape index (κ1) is 17.4. The van der Waals surface area contributed by atoms with Crippen molar-refractivity contribution in [3.63, 3.8) is 0 Å². The lowest BCUT2D eigenvalue weighted by Gasteiger charge is -2.12. The molecule has 1 heterocycles. The normalized spacial score (nSPS) is 10.5. The average molecular weight is 396 g/mol. The van der Waals surface area contributed by atoms with E-state index in [0.717, 1.165) is 11.8 Å². The van der Waals surface area contributed by atoms with Gasteiger partial charge in [0.25, 0.3) is 0 Å². The van der Waals surface area contributed by atoms with Gasteiger partial charge in [-0.05, 0) is 63.7 Å². The third-order valence-corrected chi connectivity index (χ3v) is 4.73. The highest BCUT2D eigenvalue weighted by Crippen LogP contribution is 2.28. The van der Waals surface area contributed by atoms with Gasteiger partial charge in [-0.2, -0.15) is 0 Å². The quantitative estimate of drug-likeness (QED) is 0.533. The molecule has 0 aliphatic heterocycles. The third-order valence-electron chi connectivity index (χ3n) is 4.07. The lowest BCUT2D eigenvalue weighted by Crippen LogP contribution is -1.99. The highest BCUT2D eigenvalue weighted by atomic mass is 79.9. The van der Waals surface area contributed by atoms with Crippen molar-refractivity contribution in [3.8, 4) is 17.0 Å². The Balaban J connectivity index is 1.82. The molecule has 0 aliphatic rings. The average Bonchev–Trinajstić information content (AvgIpc) is 2.61. The molecule has 3 rings (SSSR count). The van der Waals surface area contributed by atoms with Gasteiger partial charge < -0.3 is 4.74 Å². The zero-order valence-corrected chi connectivity index (χ0v) is 15.7. The molecule has 3 aromatic rings. The van der Waals surface area contributed by atoms with Gasteiger partial charge in [-0.25, -0.2) is 4.98 Å². The highest BCUT2D eigenvalue weighted by Gasteiger charge is 2.07. The van der Waals surface area contributed by atoms with Gasteiger partial charge in [-0.1, -0.05) is 36.4 Å². The first-order valence-electron chi connectivity index (χ1n) is 7.97. The zero-order chi connectivity index (χ0) is 17.8. The van der Waals surface area contributed by atoms with E-state index in [1.807, 2.05) is 12.1 Å². The molecule has 25 heavy (non-hydrogen) atoms. The van der Waals surface area contributed by atoms with Crippen LogP contribution < -0.4 is 4.74 Å². The number of aldehydes is 1. The van der Waals surface area contributed by atoms with Crippen molar-refractivity contribution < 1.29 is 9.53 Å². The van der Waals surface area contributed by atoms with E-state index in [1.165, 1.54) is 22.3 Å². The number of pyridine rings is 1. The Labute approximate surface area is 155 Å². The number of hydrogen-bond donors (Lipinski definition) is 0. The Bertz CT molecular complexity index is 901. The van der Waals surface area contributed by atoms with Gasteiger partial charge in [0.1, 0.15) is 6.61 Å². The van der Waals surface area contributed by atoms with Crippen LogP contribution in [0.25, 0.3) is 11.1 Å². The maximum absolute atomic E-state index is 11.0. The Kier molecular flexibility index (Phi) is 5.29. The van der Waals surface area contributed by atoms with Crippen LogP contribution >= 0.6 is 15.9 Å². The summed E-state index contributed by atoms with van der Waals surface area (Å²) in [5.74, 6) is 0.433.